The molecule has 1 heterocycles. The lowest BCUT2D eigenvalue weighted by Gasteiger charge is -2.16. The Kier molecular flexibility index (Phi) is 4.49. The number of carbonyl (C=O) groups is 1. The van der Waals surface area contributed by atoms with Gasteiger partial charge in [-0.15, -0.1) is 0 Å². The number of carbonyl (C=O) groups excluding carboxylic acids is 1. The summed E-state index contributed by atoms with van der Waals surface area (Å²) in [6, 6.07) is 13.6. The number of methoxy groups -OCH3 is 1. The molecule has 3 rings (SSSR count). The molecule has 0 spiro atoms. The van der Waals surface area contributed by atoms with Gasteiger partial charge in [0.2, 0.25) is 0 Å². The zero-order valence-corrected chi connectivity index (χ0v) is 13.6. The van der Waals surface area contributed by atoms with Crippen LogP contribution in [0.15, 0.2) is 77.6 Å². The zero-order chi connectivity index (χ0) is 16.2. The fourth-order valence-electron chi connectivity index (χ4n) is 2.55. The Labute approximate surface area is 140 Å². The van der Waals surface area contributed by atoms with Crippen molar-refractivity contribution < 1.29 is 9.53 Å². The van der Waals surface area contributed by atoms with E-state index in [0.29, 0.717) is 5.56 Å². The molecule has 0 unspecified atom stereocenters. The summed E-state index contributed by atoms with van der Waals surface area (Å²) in [7, 11) is 1.40. The zero-order valence-electron chi connectivity index (χ0n) is 12.8. The molecular formula is C20H16O2S. The highest BCUT2D eigenvalue weighted by Gasteiger charge is 2.17. The van der Waals surface area contributed by atoms with Gasteiger partial charge in [-0.3, -0.25) is 0 Å². The van der Waals surface area contributed by atoms with Gasteiger partial charge < -0.3 is 4.74 Å². The molecule has 1 aliphatic heterocycles. The molecule has 0 radical (unpaired) electrons. The average molecular weight is 320 g/mol. The Morgan fingerprint density at radius 2 is 1.74 bits per heavy atom. The van der Waals surface area contributed by atoms with Crippen LogP contribution in [-0.4, -0.2) is 13.1 Å². The predicted molar refractivity (Wildman–Crippen MR) is 96.4 cm³/mol. The smallest absolute Gasteiger partial charge is 0.338 e. The van der Waals surface area contributed by atoms with E-state index < -0.39 is 0 Å². The minimum atomic E-state index is -0.330. The first-order chi connectivity index (χ1) is 11.2. The van der Waals surface area contributed by atoms with E-state index in [1.807, 2.05) is 54.0 Å². The van der Waals surface area contributed by atoms with E-state index in [9.17, 15) is 4.79 Å². The average Bonchev–Trinajstić information content (AvgIpc) is 2.58. The quantitative estimate of drug-likeness (QED) is 0.700. The monoisotopic (exact) mass is 320 g/mol. The van der Waals surface area contributed by atoms with Crippen molar-refractivity contribution in [2.45, 2.75) is 4.90 Å². The third kappa shape index (κ3) is 3.01. The summed E-state index contributed by atoms with van der Waals surface area (Å²) in [6.45, 7) is 4.14. The summed E-state index contributed by atoms with van der Waals surface area (Å²) < 4.78 is 4.92. The van der Waals surface area contributed by atoms with Crippen LogP contribution in [0.1, 0.15) is 15.9 Å². The molecule has 0 bridgehead atoms. The van der Waals surface area contributed by atoms with Crippen LogP contribution >= 0.6 is 11.8 Å². The highest BCUT2D eigenvalue weighted by molar-refractivity contribution is 8.02. The third-order valence-corrected chi connectivity index (χ3v) is 4.63. The third-order valence-electron chi connectivity index (χ3n) is 3.66. The topological polar surface area (TPSA) is 26.3 Å². The Morgan fingerprint density at radius 3 is 2.57 bits per heavy atom. The lowest BCUT2D eigenvalue weighted by Crippen LogP contribution is -2.04. The molecule has 0 N–H and O–H groups in total. The Balaban J connectivity index is 2.23. The first-order valence-corrected chi connectivity index (χ1v) is 8.10. The van der Waals surface area contributed by atoms with Gasteiger partial charge in [-0.2, -0.15) is 0 Å². The minimum absolute atomic E-state index is 0.330. The summed E-state index contributed by atoms with van der Waals surface area (Å²) >= 11 is 1.63. The number of hydrogen-bond donors (Lipinski definition) is 0. The summed E-state index contributed by atoms with van der Waals surface area (Å²) in [5.74, 6) is -0.330. The molecule has 2 aromatic rings. The van der Waals surface area contributed by atoms with Gasteiger partial charge in [0.25, 0.3) is 0 Å². The van der Waals surface area contributed by atoms with Crippen molar-refractivity contribution in [1.29, 1.82) is 0 Å². The van der Waals surface area contributed by atoms with Gasteiger partial charge in [0.1, 0.15) is 0 Å². The number of hydrogen-bond acceptors (Lipinski definition) is 3. The molecule has 0 aromatic heterocycles. The molecule has 0 saturated heterocycles. The highest BCUT2D eigenvalue weighted by Crippen LogP contribution is 2.40. The van der Waals surface area contributed by atoms with E-state index in [-0.39, 0.29) is 5.97 Å². The molecule has 0 amide bonds. The minimum Gasteiger partial charge on any atom is -0.465 e. The number of allylic oxidation sites excluding steroid dienone is 4. The molecule has 0 aliphatic carbocycles. The van der Waals surface area contributed by atoms with Gasteiger partial charge in [-0.05, 0) is 33.7 Å². The molecule has 0 fully saturated rings. The van der Waals surface area contributed by atoms with Crippen molar-refractivity contribution in [3.63, 3.8) is 0 Å². The fourth-order valence-corrected chi connectivity index (χ4v) is 3.49. The van der Waals surface area contributed by atoms with E-state index in [4.69, 9.17) is 4.74 Å². The normalized spacial score (nSPS) is 16.0. The van der Waals surface area contributed by atoms with Crippen molar-refractivity contribution in [2.24, 2.45) is 0 Å². The first kappa shape index (κ1) is 15.4. The summed E-state index contributed by atoms with van der Waals surface area (Å²) in [5.41, 5.74) is 4.47. The number of rotatable bonds is 2. The van der Waals surface area contributed by atoms with Crippen LogP contribution in [0.2, 0.25) is 0 Å². The van der Waals surface area contributed by atoms with Crippen molar-refractivity contribution in [3.05, 3.63) is 83.8 Å². The van der Waals surface area contributed by atoms with Crippen molar-refractivity contribution in [1.82, 2.24) is 0 Å². The van der Waals surface area contributed by atoms with E-state index in [2.05, 4.69) is 12.6 Å². The highest BCUT2D eigenvalue weighted by atomic mass is 32.2. The molecule has 1 aliphatic rings. The lowest BCUT2D eigenvalue weighted by molar-refractivity contribution is 0.0601. The van der Waals surface area contributed by atoms with Crippen LogP contribution in [0, 0.1) is 0 Å². The fraction of sp³-hybridized carbons (Fsp3) is 0.0500. The van der Waals surface area contributed by atoms with Gasteiger partial charge in [-0.1, -0.05) is 73.0 Å². The molecule has 114 valence electrons. The molecule has 0 atom stereocenters. The van der Waals surface area contributed by atoms with Gasteiger partial charge in [-0.25, -0.2) is 4.79 Å². The van der Waals surface area contributed by atoms with E-state index >= 15 is 0 Å². The van der Waals surface area contributed by atoms with Crippen LogP contribution in [0.4, 0.5) is 0 Å². The maximum Gasteiger partial charge on any atom is 0.338 e. The molecule has 0 saturated carbocycles. The Hall–Kier alpha value is -2.52. The van der Waals surface area contributed by atoms with Crippen LogP contribution in [0.3, 0.4) is 0 Å². The molecule has 23 heavy (non-hydrogen) atoms. The summed E-state index contributed by atoms with van der Waals surface area (Å²) in [4.78, 5) is 13.2. The van der Waals surface area contributed by atoms with Gasteiger partial charge >= 0.3 is 5.97 Å². The summed E-state index contributed by atoms with van der Waals surface area (Å²) in [5, 5.41) is 2.03. The van der Waals surface area contributed by atoms with Crippen molar-refractivity contribution in [2.75, 3.05) is 7.11 Å². The Bertz CT molecular complexity index is 831. The van der Waals surface area contributed by atoms with Crippen LogP contribution in [0.5, 0.6) is 0 Å². The van der Waals surface area contributed by atoms with Crippen LogP contribution in [-0.2, 0) is 4.74 Å². The Morgan fingerprint density at radius 1 is 1.00 bits per heavy atom. The molecule has 3 heteroatoms. The van der Waals surface area contributed by atoms with Crippen molar-refractivity contribution >= 4 is 23.3 Å². The predicted octanol–water partition coefficient (Wildman–Crippen LogP) is 5.33. The van der Waals surface area contributed by atoms with Crippen LogP contribution < -0.4 is 0 Å². The second-order valence-corrected chi connectivity index (χ2v) is 5.97. The lowest BCUT2D eigenvalue weighted by atomic mass is 9.95. The van der Waals surface area contributed by atoms with E-state index in [1.165, 1.54) is 7.11 Å². The second-order valence-electron chi connectivity index (χ2n) is 5.05. The standard InChI is InChI=1S/C20H16O2S/c1-14-8-5-6-13-23-19-15(14)11-7-12-17(19)16-9-3-4-10-18(16)20(21)22-2/h3-13H,1H2,2H3/b8-5-,13-6-. The number of ether oxygens (including phenoxy) is 1. The number of benzene rings is 2. The maximum atomic E-state index is 12.1. The van der Waals surface area contributed by atoms with Gasteiger partial charge in [0.05, 0.1) is 12.7 Å². The van der Waals surface area contributed by atoms with Crippen molar-refractivity contribution in [3.8, 4) is 11.1 Å². The van der Waals surface area contributed by atoms with E-state index in [0.717, 1.165) is 27.2 Å². The van der Waals surface area contributed by atoms with Gasteiger partial charge in [0.15, 0.2) is 0 Å². The summed E-state index contributed by atoms with van der Waals surface area (Å²) in [6.07, 6.45) is 5.96. The number of fused-ring (bicyclic) bond motifs is 1. The second kappa shape index (κ2) is 6.71. The first-order valence-electron chi connectivity index (χ1n) is 7.22. The molecular weight excluding hydrogens is 304 g/mol. The number of thioether (sulfide) groups is 1. The molecule has 2 nitrogen and oxygen atoms in total. The van der Waals surface area contributed by atoms with E-state index in [1.54, 1.807) is 17.8 Å². The van der Waals surface area contributed by atoms with Gasteiger partial charge in [0, 0.05) is 4.90 Å². The largest absolute Gasteiger partial charge is 0.465 e. The SMILES string of the molecule is C=C1/C=C\C=C/Sc2c1cccc2-c1ccccc1C(=O)OC. The number of esters is 1. The maximum absolute atomic E-state index is 12.1. The van der Waals surface area contributed by atoms with Crippen LogP contribution in [0.25, 0.3) is 16.7 Å². The molecule has 2 aromatic carbocycles.